The van der Waals surface area contributed by atoms with Crippen molar-refractivity contribution >= 4 is 27.9 Å². The number of rotatable bonds is 0. The van der Waals surface area contributed by atoms with Crippen molar-refractivity contribution in [3.8, 4) is 0 Å². The maximum absolute atomic E-state index is 8.59. The monoisotopic (exact) mass is 270 g/mol. The van der Waals surface area contributed by atoms with Gasteiger partial charge in [-0.15, -0.1) is 0 Å². The van der Waals surface area contributed by atoms with Crippen LogP contribution >= 0.6 is 16.5 Å². The summed E-state index contributed by atoms with van der Waals surface area (Å²) in [5.74, 6) is 0. The van der Waals surface area contributed by atoms with Crippen LogP contribution in [0.2, 0.25) is 0 Å². The van der Waals surface area contributed by atoms with Crippen molar-refractivity contribution in [3.05, 3.63) is 24.3 Å². The van der Waals surface area contributed by atoms with Crippen molar-refractivity contribution in [3.63, 3.8) is 0 Å². The average molecular weight is 270 g/mol. The zero-order chi connectivity index (χ0) is 13.1. The number of hydrogen-bond acceptors (Lipinski definition) is 4. The second kappa shape index (κ2) is 10.7. The molecule has 8 N–H and O–H groups in total. The predicted molar refractivity (Wildman–Crippen MR) is 51.2 cm³/mol. The summed E-state index contributed by atoms with van der Waals surface area (Å²) >= 11 is 0. The van der Waals surface area contributed by atoms with E-state index >= 15 is 0 Å². The Morgan fingerprint density at radius 1 is 0.938 bits per heavy atom. The first-order valence-electron chi connectivity index (χ1n) is 3.66. The molecule has 8 nitrogen and oxygen atoms in total. The van der Waals surface area contributed by atoms with Crippen LogP contribution in [0, 0.1) is 0 Å². The third-order valence-corrected chi connectivity index (χ3v) is 1.12. The first kappa shape index (κ1) is 17.6. The fourth-order valence-electron chi connectivity index (χ4n) is 0.557. The minimum Gasteiger partial charge on any atom is -0.567 e. The fourth-order valence-corrected chi connectivity index (χ4v) is 0.557. The Bertz CT molecular complexity index is 307. The number of hydrogen-bond donors (Lipinski definition) is 4. The van der Waals surface area contributed by atoms with E-state index in [1.54, 1.807) is 0 Å². The highest BCUT2D eigenvalue weighted by Crippen LogP contribution is 2.06. The largest absolute Gasteiger partial charge is 0.567 e. The molecule has 0 aliphatic carbocycles. The van der Waals surface area contributed by atoms with E-state index in [0.717, 1.165) is 11.4 Å². The lowest BCUT2D eigenvalue weighted by molar-refractivity contribution is -0.299. The van der Waals surface area contributed by atoms with E-state index in [0.29, 0.717) is 0 Å². The van der Waals surface area contributed by atoms with Gasteiger partial charge in [-0.25, -0.2) is 0 Å². The Kier molecular flexibility index (Phi) is 11.7. The molecule has 16 heavy (non-hydrogen) atoms. The van der Waals surface area contributed by atoms with E-state index in [-0.39, 0.29) is 0 Å². The lowest BCUT2D eigenvalue weighted by atomic mass is 10.3. The van der Waals surface area contributed by atoms with Crippen molar-refractivity contribution in [2.75, 3.05) is 0 Å². The van der Waals surface area contributed by atoms with Gasteiger partial charge < -0.3 is 21.3 Å². The third kappa shape index (κ3) is 18.9. The van der Waals surface area contributed by atoms with E-state index in [4.69, 9.17) is 28.7 Å². The van der Waals surface area contributed by atoms with Gasteiger partial charge >= 0.3 is 16.5 Å². The van der Waals surface area contributed by atoms with Gasteiger partial charge in [0, 0.05) is 12.1 Å². The zero-order valence-corrected chi connectivity index (χ0v) is 9.93. The first-order chi connectivity index (χ1) is 7.27. The number of benzene rings is 1. The van der Waals surface area contributed by atoms with E-state index in [1.807, 2.05) is 24.3 Å². The van der Waals surface area contributed by atoms with Crippen LogP contribution in [-0.2, 0) is 9.13 Å². The molecule has 2 unspecified atom stereocenters. The second-order valence-electron chi connectivity index (χ2n) is 2.24. The van der Waals surface area contributed by atoms with E-state index in [1.165, 1.54) is 0 Å². The molecule has 0 saturated carbocycles. The van der Waals surface area contributed by atoms with E-state index in [2.05, 4.69) is 11.5 Å². The topological polar surface area (TPSA) is 176 Å². The molecule has 0 aromatic heterocycles. The minimum absolute atomic E-state index is 1.01. The highest BCUT2D eigenvalue weighted by Gasteiger charge is 1.94. The zero-order valence-electron chi connectivity index (χ0n) is 8.15. The van der Waals surface area contributed by atoms with Crippen LogP contribution in [0.3, 0.4) is 0 Å². The van der Waals surface area contributed by atoms with Crippen molar-refractivity contribution < 1.29 is 40.2 Å². The standard InChI is InChI=1S/C6H8N2.2HO3P/c7-5-3-1-2-4-6(5)8;2*1-4(2)3/h1-4H,7-8H2;2*(H,1,2,3)/p+2. The van der Waals surface area contributed by atoms with E-state index in [9.17, 15) is 0 Å². The summed E-state index contributed by atoms with van der Waals surface area (Å²) in [4.78, 5) is 31.2. The quantitative estimate of drug-likeness (QED) is 0.376. The summed E-state index contributed by atoms with van der Waals surface area (Å²) < 4.78 is 17.2. The SMILES string of the molecule is O=[P+]([O-])O.O=[P+]([O-])O.[NH3+]c1ccccc1[NH3+]. The minimum atomic E-state index is -3.12. The Morgan fingerprint density at radius 2 is 1.12 bits per heavy atom. The molecule has 2 atom stereocenters. The van der Waals surface area contributed by atoms with Gasteiger partial charge in [0.05, 0.1) is 0 Å². The number of quaternary nitrogens is 2. The molecule has 0 fully saturated rings. The second-order valence-corrected chi connectivity index (χ2v) is 3.20. The third-order valence-electron chi connectivity index (χ3n) is 1.12. The molecular formula is C6H12N2O6P2+2. The van der Waals surface area contributed by atoms with Crippen molar-refractivity contribution in [1.29, 1.82) is 0 Å². The molecule has 0 radical (unpaired) electrons. The maximum Gasteiger partial charge on any atom is 0.485 e. The van der Waals surface area contributed by atoms with Crippen molar-refractivity contribution in [2.24, 2.45) is 0 Å². The summed E-state index contributed by atoms with van der Waals surface area (Å²) in [7, 11) is -6.24. The Morgan fingerprint density at radius 3 is 1.25 bits per heavy atom. The molecular weight excluding hydrogens is 258 g/mol. The first-order valence-corrected chi connectivity index (χ1v) is 5.93. The fraction of sp³-hybridized carbons (Fsp3) is 0. The lowest BCUT2D eigenvalue weighted by Crippen LogP contribution is -2.49. The van der Waals surface area contributed by atoms with Crippen LogP contribution in [0.15, 0.2) is 24.3 Å². The van der Waals surface area contributed by atoms with Crippen molar-refractivity contribution in [2.45, 2.75) is 0 Å². The molecule has 0 aliphatic heterocycles. The van der Waals surface area contributed by atoms with Gasteiger partial charge in [0.2, 0.25) is 0 Å². The van der Waals surface area contributed by atoms with Gasteiger partial charge in [0.25, 0.3) is 0 Å². The smallest absolute Gasteiger partial charge is 0.485 e. The van der Waals surface area contributed by atoms with Crippen LogP contribution < -0.4 is 21.3 Å². The Balaban J connectivity index is 0. The molecule has 0 bridgehead atoms. The van der Waals surface area contributed by atoms with E-state index < -0.39 is 16.5 Å². The summed E-state index contributed by atoms with van der Waals surface area (Å²) in [6.07, 6.45) is 0. The van der Waals surface area contributed by atoms with Gasteiger partial charge in [0.1, 0.15) is 0 Å². The Labute approximate surface area is 93.1 Å². The van der Waals surface area contributed by atoms with Crippen molar-refractivity contribution in [1.82, 2.24) is 0 Å². The van der Waals surface area contributed by atoms with Crippen LogP contribution in [0.5, 0.6) is 0 Å². The molecule has 1 rings (SSSR count). The van der Waals surface area contributed by atoms with Crippen LogP contribution in [0.1, 0.15) is 0 Å². The molecule has 0 heterocycles. The maximum atomic E-state index is 8.59. The van der Waals surface area contributed by atoms with Gasteiger partial charge in [-0.05, 0) is 9.13 Å². The summed E-state index contributed by atoms with van der Waals surface area (Å²) in [6.45, 7) is 0. The Hall–Kier alpha value is -0.820. The van der Waals surface area contributed by atoms with Gasteiger partial charge in [-0.1, -0.05) is 12.1 Å². The van der Waals surface area contributed by atoms with Gasteiger partial charge in [0.15, 0.2) is 11.4 Å². The molecule has 0 saturated heterocycles. The molecule has 0 spiro atoms. The predicted octanol–water partition coefficient (Wildman–Crippen LogP) is -2.57. The molecule has 10 heteroatoms. The normalized spacial score (nSPS) is 10.1. The lowest BCUT2D eigenvalue weighted by Gasteiger charge is -1.85. The van der Waals surface area contributed by atoms with Gasteiger partial charge in [-0.3, -0.25) is 0 Å². The highest BCUT2D eigenvalue weighted by molar-refractivity contribution is 7.29. The van der Waals surface area contributed by atoms with Crippen LogP contribution in [0.4, 0.5) is 11.4 Å². The molecule has 90 valence electrons. The van der Waals surface area contributed by atoms with Crippen LogP contribution in [-0.4, -0.2) is 9.79 Å². The summed E-state index contributed by atoms with van der Waals surface area (Å²) in [5.41, 5.74) is 9.53. The summed E-state index contributed by atoms with van der Waals surface area (Å²) in [6, 6.07) is 7.80. The molecule has 0 aliphatic rings. The highest BCUT2D eigenvalue weighted by atomic mass is 31.1. The van der Waals surface area contributed by atoms with Crippen LogP contribution in [0.25, 0.3) is 0 Å². The molecule has 1 aromatic rings. The molecule has 1 aromatic carbocycles. The van der Waals surface area contributed by atoms with Gasteiger partial charge in [-0.2, -0.15) is 9.79 Å². The molecule has 0 amide bonds. The summed E-state index contributed by atoms with van der Waals surface area (Å²) in [5, 5.41) is 0. The average Bonchev–Trinajstić information content (AvgIpc) is 2.08.